The molecule has 0 fully saturated rings. The highest BCUT2D eigenvalue weighted by Gasteiger charge is 2.18. The molecule has 0 aliphatic heterocycles. The van der Waals surface area contributed by atoms with Gasteiger partial charge in [0.25, 0.3) is 11.8 Å². The number of hydrazine groups is 1. The number of carbonyl (C=O) groups is 2. The Labute approximate surface area is 156 Å². The normalized spacial score (nSPS) is 13.3. The summed E-state index contributed by atoms with van der Waals surface area (Å²) in [6, 6.07) is 6.82. The quantitative estimate of drug-likeness (QED) is 0.637. The molecule has 7 heteroatoms. The van der Waals surface area contributed by atoms with Crippen LogP contribution in [0.4, 0.5) is 0 Å². The number of rotatable bonds is 4. The Morgan fingerprint density at radius 1 is 0.962 bits per heavy atom. The van der Waals surface area contributed by atoms with Crippen molar-refractivity contribution in [2.75, 3.05) is 14.2 Å². The predicted molar refractivity (Wildman–Crippen MR) is 100 cm³/mol. The van der Waals surface area contributed by atoms with E-state index >= 15 is 0 Å². The predicted octanol–water partition coefficient (Wildman–Crippen LogP) is 3.11. The SMILES string of the molecule is COc1ccc(C(=O)NNC(=O)c2cc3c(s2)CCCCC3)c(OC)c1. The zero-order valence-corrected chi connectivity index (χ0v) is 15.7. The first-order valence-corrected chi connectivity index (χ1v) is 9.38. The summed E-state index contributed by atoms with van der Waals surface area (Å²) in [5, 5.41) is 0. The molecule has 0 atom stereocenters. The minimum Gasteiger partial charge on any atom is -0.497 e. The van der Waals surface area contributed by atoms with E-state index in [0.717, 1.165) is 12.8 Å². The largest absolute Gasteiger partial charge is 0.497 e. The summed E-state index contributed by atoms with van der Waals surface area (Å²) in [4.78, 5) is 26.6. The van der Waals surface area contributed by atoms with E-state index < -0.39 is 5.91 Å². The third kappa shape index (κ3) is 3.99. The van der Waals surface area contributed by atoms with Crippen molar-refractivity contribution in [2.24, 2.45) is 0 Å². The summed E-state index contributed by atoms with van der Waals surface area (Å²) in [6.07, 6.45) is 5.63. The average molecular weight is 374 g/mol. The van der Waals surface area contributed by atoms with Crippen LogP contribution in [-0.4, -0.2) is 26.0 Å². The second-order valence-corrected chi connectivity index (χ2v) is 7.23. The van der Waals surface area contributed by atoms with Crippen molar-refractivity contribution in [3.05, 3.63) is 45.1 Å². The van der Waals surface area contributed by atoms with Crippen LogP contribution < -0.4 is 20.3 Å². The molecule has 1 heterocycles. The van der Waals surface area contributed by atoms with Gasteiger partial charge in [-0.15, -0.1) is 11.3 Å². The van der Waals surface area contributed by atoms with Crippen molar-refractivity contribution in [3.63, 3.8) is 0 Å². The van der Waals surface area contributed by atoms with Crippen LogP contribution in [0.2, 0.25) is 0 Å². The summed E-state index contributed by atoms with van der Waals surface area (Å²) < 4.78 is 10.3. The maximum atomic E-state index is 12.4. The maximum absolute atomic E-state index is 12.4. The molecule has 1 aromatic carbocycles. The van der Waals surface area contributed by atoms with Crippen molar-refractivity contribution < 1.29 is 19.1 Å². The van der Waals surface area contributed by atoms with Gasteiger partial charge in [-0.1, -0.05) is 6.42 Å². The van der Waals surface area contributed by atoms with Crippen LogP contribution in [0.1, 0.15) is 49.7 Å². The van der Waals surface area contributed by atoms with Crippen molar-refractivity contribution >= 4 is 23.2 Å². The van der Waals surface area contributed by atoms with Crippen LogP contribution in [0, 0.1) is 0 Å². The van der Waals surface area contributed by atoms with Gasteiger partial charge in [-0.25, -0.2) is 0 Å². The van der Waals surface area contributed by atoms with E-state index in [1.54, 1.807) is 18.2 Å². The van der Waals surface area contributed by atoms with Crippen molar-refractivity contribution in [1.29, 1.82) is 0 Å². The molecule has 0 bridgehead atoms. The molecule has 1 aliphatic rings. The lowest BCUT2D eigenvalue weighted by Crippen LogP contribution is -2.41. The summed E-state index contributed by atoms with van der Waals surface area (Å²) in [6.45, 7) is 0. The Balaban J connectivity index is 1.65. The molecule has 0 spiro atoms. The van der Waals surface area contributed by atoms with Crippen LogP contribution >= 0.6 is 11.3 Å². The molecule has 0 radical (unpaired) electrons. The molecular formula is C19H22N2O4S. The van der Waals surface area contributed by atoms with Crippen LogP contribution in [0.3, 0.4) is 0 Å². The molecule has 2 aromatic rings. The number of benzene rings is 1. The highest BCUT2D eigenvalue weighted by atomic mass is 32.1. The minimum absolute atomic E-state index is 0.302. The number of thiophene rings is 1. The number of ether oxygens (including phenoxy) is 2. The number of hydrogen-bond donors (Lipinski definition) is 2. The van der Waals surface area contributed by atoms with Crippen LogP contribution in [0.5, 0.6) is 11.5 Å². The standard InChI is InChI=1S/C19H22N2O4S/c1-24-13-8-9-14(15(11-13)25-2)18(22)20-21-19(23)17-10-12-6-4-3-5-7-16(12)26-17/h8-11H,3-7H2,1-2H3,(H,20,22)(H,21,23). The number of amides is 2. The number of methoxy groups -OCH3 is 2. The Morgan fingerprint density at radius 3 is 2.50 bits per heavy atom. The smallest absolute Gasteiger partial charge is 0.279 e. The number of aryl methyl sites for hydroxylation is 2. The van der Waals surface area contributed by atoms with Crippen LogP contribution in [0.15, 0.2) is 24.3 Å². The number of hydrogen-bond acceptors (Lipinski definition) is 5. The second kappa shape index (κ2) is 8.23. The fourth-order valence-electron chi connectivity index (χ4n) is 3.01. The van der Waals surface area contributed by atoms with Crippen molar-refractivity contribution in [2.45, 2.75) is 32.1 Å². The molecule has 0 saturated heterocycles. The van der Waals surface area contributed by atoms with Gasteiger partial charge in [-0.3, -0.25) is 20.4 Å². The third-order valence-corrected chi connectivity index (χ3v) is 5.65. The molecule has 2 amide bonds. The summed E-state index contributed by atoms with van der Waals surface area (Å²) in [5.41, 5.74) is 6.52. The summed E-state index contributed by atoms with van der Waals surface area (Å²) in [7, 11) is 3.01. The lowest BCUT2D eigenvalue weighted by atomic mass is 10.1. The Kier molecular flexibility index (Phi) is 5.78. The van der Waals surface area contributed by atoms with Crippen LogP contribution in [-0.2, 0) is 12.8 Å². The molecule has 3 rings (SSSR count). The maximum Gasteiger partial charge on any atom is 0.279 e. The zero-order valence-electron chi connectivity index (χ0n) is 14.9. The molecule has 0 saturated carbocycles. The fourth-order valence-corrected chi connectivity index (χ4v) is 4.16. The third-order valence-electron chi connectivity index (χ3n) is 4.41. The average Bonchev–Trinajstić information content (AvgIpc) is 2.95. The van der Waals surface area contributed by atoms with E-state index in [2.05, 4.69) is 10.9 Å². The second-order valence-electron chi connectivity index (χ2n) is 6.09. The first-order chi connectivity index (χ1) is 12.6. The lowest BCUT2D eigenvalue weighted by molar-refractivity contribution is 0.0847. The van der Waals surface area contributed by atoms with Crippen molar-refractivity contribution in [1.82, 2.24) is 10.9 Å². The van der Waals surface area contributed by atoms with Gasteiger partial charge in [-0.05, 0) is 49.4 Å². The minimum atomic E-state index is -0.448. The van der Waals surface area contributed by atoms with Gasteiger partial charge < -0.3 is 9.47 Å². The van der Waals surface area contributed by atoms with Gasteiger partial charge in [0.15, 0.2) is 0 Å². The number of fused-ring (bicyclic) bond motifs is 1. The van der Waals surface area contributed by atoms with Crippen molar-refractivity contribution in [3.8, 4) is 11.5 Å². The molecule has 6 nitrogen and oxygen atoms in total. The number of nitrogens with one attached hydrogen (secondary N) is 2. The lowest BCUT2D eigenvalue weighted by Gasteiger charge is -2.11. The summed E-state index contributed by atoms with van der Waals surface area (Å²) >= 11 is 1.51. The van der Waals surface area contributed by atoms with E-state index in [1.165, 1.54) is 55.3 Å². The first kappa shape index (κ1) is 18.3. The molecule has 26 heavy (non-hydrogen) atoms. The first-order valence-electron chi connectivity index (χ1n) is 8.56. The molecule has 1 aromatic heterocycles. The van der Waals surface area contributed by atoms with E-state index in [1.807, 2.05) is 6.07 Å². The van der Waals surface area contributed by atoms with Gasteiger partial charge in [0, 0.05) is 10.9 Å². The topological polar surface area (TPSA) is 76.7 Å². The van der Waals surface area contributed by atoms with Gasteiger partial charge in [0.1, 0.15) is 11.5 Å². The van der Waals surface area contributed by atoms with Gasteiger partial charge >= 0.3 is 0 Å². The summed E-state index contributed by atoms with van der Waals surface area (Å²) in [5.74, 6) is 0.210. The monoisotopic (exact) mass is 374 g/mol. The van der Waals surface area contributed by atoms with Crippen LogP contribution in [0.25, 0.3) is 0 Å². The highest BCUT2D eigenvalue weighted by Crippen LogP contribution is 2.29. The molecular weight excluding hydrogens is 352 g/mol. The highest BCUT2D eigenvalue weighted by molar-refractivity contribution is 7.14. The van der Waals surface area contributed by atoms with E-state index in [4.69, 9.17) is 9.47 Å². The van der Waals surface area contributed by atoms with Gasteiger partial charge in [0.05, 0.1) is 24.7 Å². The zero-order chi connectivity index (χ0) is 18.5. The van der Waals surface area contributed by atoms with E-state index in [0.29, 0.717) is 21.9 Å². The fraction of sp³-hybridized carbons (Fsp3) is 0.368. The van der Waals surface area contributed by atoms with Gasteiger partial charge in [-0.2, -0.15) is 0 Å². The molecule has 1 aliphatic carbocycles. The Bertz CT molecular complexity index is 792. The molecule has 0 unspecified atom stereocenters. The molecule has 138 valence electrons. The van der Waals surface area contributed by atoms with E-state index in [-0.39, 0.29) is 5.91 Å². The van der Waals surface area contributed by atoms with E-state index in [9.17, 15) is 9.59 Å². The number of carbonyl (C=O) groups excluding carboxylic acids is 2. The van der Waals surface area contributed by atoms with Gasteiger partial charge in [0.2, 0.25) is 0 Å². The molecule has 2 N–H and O–H groups in total. The Morgan fingerprint density at radius 2 is 1.73 bits per heavy atom. The Hall–Kier alpha value is -2.54.